The highest BCUT2D eigenvalue weighted by molar-refractivity contribution is 7.92. The first kappa shape index (κ1) is 23.5. The molecule has 0 bridgehead atoms. The van der Waals surface area contributed by atoms with E-state index in [1.54, 1.807) is 36.4 Å². The van der Waals surface area contributed by atoms with E-state index in [1.807, 2.05) is 31.2 Å². The maximum atomic E-state index is 13.2. The number of hydrogen-bond acceptors (Lipinski definition) is 3. The van der Waals surface area contributed by atoms with Gasteiger partial charge < -0.3 is 5.32 Å². The molecule has 7 heteroatoms. The van der Waals surface area contributed by atoms with Gasteiger partial charge in [-0.3, -0.25) is 9.10 Å². The molecule has 1 atom stereocenters. The molecule has 0 fully saturated rings. The summed E-state index contributed by atoms with van der Waals surface area (Å²) in [7, 11) is -3.58. The summed E-state index contributed by atoms with van der Waals surface area (Å²) in [6, 6.07) is 20.0. The van der Waals surface area contributed by atoms with Crippen molar-refractivity contribution in [1.29, 1.82) is 0 Å². The number of nitrogens with zero attached hydrogens (tertiary/aromatic N) is 1. The minimum Gasteiger partial charge on any atom is -0.346 e. The van der Waals surface area contributed by atoms with Gasteiger partial charge in [-0.05, 0) is 66.4 Å². The summed E-state index contributed by atoms with van der Waals surface area (Å²) >= 11 is 0. The van der Waals surface area contributed by atoms with Gasteiger partial charge in [0.2, 0.25) is 10.0 Å². The lowest BCUT2D eigenvalue weighted by Crippen LogP contribution is -2.29. The molecular formula is C25H27FN2O3S. The Labute approximate surface area is 188 Å². The average Bonchev–Trinajstić information content (AvgIpc) is 2.78. The van der Waals surface area contributed by atoms with Crippen LogP contribution in [0.5, 0.6) is 0 Å². The van der Waals surface area contributed by atoms with Crippen LogP contribution in [0.1, 0.15) is 46.9 Å². The third-order valence-electron chi connectivity index (χ3n) is 5.29. The van der Waals surface area contributed by atoms with Gasteiger partial charge in [0.1, 0.15) is 5.82 Å². The van der Waals surface area contributed by atoms with Crippen LogP contribution in [0, 0.1) is 5.82 Å². The second kappa shape index (κ2) is 9.96. The van der Waals surface area contributed by atoms with Crippen LogP contribution in [0.15, 0.2) is 72.8 Å². The first-order chi connectivity index (χ1) is 15.2. The topological polar surface area (TPSA) is 66.5 Å². The summed E-state index contributed by atoms with van der Waals surface area (Å²) < 4.78 is 39.1. The molecule has 3 rings (SSSR count). The molecule has 0 aliphatic rings. The largest absolute Gasteiger partial charge is 0.346 e. The Bertz CT molecular complexity index is 1160. The minimum absolute atomic E-state index is 0.0649. The number of halogens is 1. The van der Waals surface area contributed by atoms with Gasteiger partial charge in [-0.2, -0.15) is 0 Å². The van der Waals surface area contributed by atoms with E-state index in [-0.39, 0.29) is 24.3 Å². The molecule has 5 nitrogen and oxygen atoms in total. The predicted octanol–water partition coefficient (Wildman–Crippen LogP) is 4.85. The molecule has 1 unspecified atom stereocenters. The van der Waals surface area contributed by atoms with E-state index in [9.17, 15) is 17.6 Å². The van der Waals surface area contributed by atoms with Crippen molar-refractivity contribution >= 4 is 21.6 Å². The van der Waals surface area contributed by atoms with E-state index in [4.69, 9.17) is 0 Å². The summed E-state index contributed by atoms with van der Waals surface area (Å²) in [5.41, 5.74) is 3.76. The second-order valence-electron chi connectivity index (χ2n) is 7.73. The summed E-state index contributed by atoms with van der Waals surface area (Å²) in [4.78, 5) is 12.7. The van der Waals surface area contributed by atoms with Gasteiger partial charge in [0.05, 0.1) is 24.5 Å². The maximum absolute atomic E-state index is 13.2. The van der Waals surface area contributed by atoms with E-state index in [0.29, 0.717) is 16.8 Å². The SMILES string of the molecule is CCc1ccc(C(C)NC(=O)c2ccc(N(Cc3ccc(F)cc3)S(C)(=O)=O)cc2)cc1. The number of nitrogens with one attached hydrogen (secondary N) is 1. The van der Waals surface area contributed by atoms with Crippen molar-refractivity contribution in [3.05, 3.63) is 101 Å². The van der Waals surface area contributed by atoms with Gasteiger partial charge in [-0.15, -0.1) is 0 Å². The fourth-order valence-corrected chi connectivity index (χ4v) is 4.23. The fraction of sp³-hybridized carbons (Fsp3) is 0.240. The normalized spacial score (nSPS) is 12.2. The minimum atomic E-state index is -3.58. The molecule has 32 heavy (non-hydrogen) atoms. The number of carbonyl (C=O) groups is 1. The Balaban J connectivity index is 1.73. The van der Waals surface area contributed by atoms with Gasteiger partial charge >= 0.3 is 0 Å². The molecule has 3 aromatic carbocycles. The number of benzene rings is 3. The number of carbonyl (C=O) groups excluding carboxylic acids is 1. The number of amides is 1. The third-order valence-corrected chi connectivity index (χ3v) is 6.43. The Hall–Kier alpha value is -3.19. The van der Waals surface area contributed by atoms with Gasteiger partial charge in [0.25, 0.3) is 5.91 Å². The van der Waals surface area contributed by atoms with E-state index in [0.717, 1.165) is 18.2 Å². The van der Waals surface area contributed by atoms with Gasteiger partial charge in [0.15, 0.2) is 0 Å². The van der Waals surface area contributed by atoms with Crippen LogP contribution in [0.2, 0.25) is 0 Å². The molecule has 0 saturated heterocycles. The third kappa shape index (κ3) is 5.95. The zero-order valence-electron chi connectivity index (χ0n) is 18.4. The molecule has 1 N–H and O–H groups in total. The van der Waals surface area contributed by atoms with E-state index in [2.05, 4.69) is 12.2 Å². The lowest BCUT2D eigenvalue weighted by atomic mass is 10.0. The van der Waals surface area contributed by atoms with E-state index >= 15 is 0 Å². The number of hydrogen-bond donors (Lipinski definition) is 1. The van der Waals surface area contributed by atoms with Crippen LogP contribution in [-0.4, -0.2) is 20.6 Å². The number of aryl methyl sites for hydroxylation is 1. The van der Waals surface area contributed by atoms with Crippen molar-refractivity contribution in [2.75, 3.05) is 10.6 Å². The summed E-state index contributed by atoms with van der Waals surface area (Å²) in [6.45, 7) is 4.07. The molecule has 0 radical (unpaired) electrons. The molecule has 168 valence electrons. The molecular weight excluding hydrogens is 427 g/mol. The van der Waals surface area contributed by atoms with Crippen molar-refractivity contribution in [1.82, 2.24) is 5.32 Å². The van der Waals surface area contributed by atoms with Gasteiger partial charge in [-0.1, -0.05) is 43.3 Å². The van der Waals surface area contributed by atoms with Crippen molar-refractivity contribution in [2.24, 2.45) is 0 Å². The van der Waals surface area contributed by atoms with Crippen LogP contribution < -0.4 is 9.62 Å². The Morgan fingerprint density at radius 2 is 1.50 bits per heavy atom. The molecule has 0 spiro atoms. The van der Waals surface area contributed by atoms with Crippen LogP contribution >= 0.6 is 0 Å². The molecule has 0 heterocycles. The molecule has 1 amide bonds. The molecule has 0 saturated carbocycles. The number of sulfonamides is 1. The average molecular weight is 455 g/mol. The van der Waals surface area contributed by atoms with Crippen molar-refractivity contribution in [3.8, 4) is 0 Å². The van der Waals surface area contributed by atoms with Crippen molar-refractivity contribution < 1.29 is 17.6 Å². The fourth-order valence-electron chi connectivity index (χ4n) is 3.34. The molecule has 3 aromatic rings. The standard InChI is InChI=1S/C25H27FN2O3S/c1-4-19-5-9-21(10-6-19)18(2)27-25(29)22-11-15-24(16-12-22)28(32(3,30)31)17-20-7-13-23(26)14-8-20/h5-16,18H,4,17H2,1-3H3,(H,27,29). The highest BCUT2D eigenvalue weighted by Crippen LogP contribution is 2.22. The first-order valence-electron chi connectivity index (χ1n) is 10.4. The maximum Gasteiger partial charge on any atom is 0.251 e. The zero-order chi connectivity index (χ0) is 23.3. The quantitative estimate of drug-likeness (QED) is 0.529. The summed E-state index contributed by atoms with van der Waals surface area (Å²) in [5.74, 6) is -0.626. The number of anilines is 1. The lowest BCUT2D eigenvalue weighted by Gasteiger charge is -2.23. The van der Waals surface area contributed by atoms with Crippen molar-refractivity contribution in [2.45, 2.75) is 32.9 Å². The van der Waals surface area contributed by atoms with Crippen LogP contribution in [-0.2, 0) is 23.0 Å². The highest BCUT2D eigenvalue weighted by atomic mass is 32.2. The van der Waals surface area contributed by atoms with E-state index in [1.165, 1.54) is 22.0 Å². The zero-order valence-corrected chi connectivity index (χ0v) is 19.2. The predicted molar refractivity (Wildman–Crippen MR) is 126 cm³/mol. The lowest BCUT2D eigenvalue weighted by molar-refractivity contribution is 0.0940. The monoisotopic (exact) mass is 454 g/mol. The summed E-state index contributed by atoms with van der Waals surface area (Å²) in [6.07, 6.45) is 2.07. The second-order valence-corrected chi connectivity index (χ2v) is 9.64. The molecule has 0 aliphatic heterocycles. The number of rotatable bonds is 8. The van der Waals surface area contributed by atoms with Gasteiger partial charge in [0, 0.05) is 5.56 Å². The van der Waals surface area contributed by atoms with Crippen LogP contribution in [0.25, 0.3) is 0 Å². The molecule has 0 aromatic heterocycles. The Morgan fingerprint density at radius 3 is 2.03 bits per heavy atom. The first-order valence-corrected chi connectivity index (χ1v) is 12.2. The van der Waals surface area contributed by atoms with Crippen LogP contribution in [0.3, 0.4) is 0 Å². The van der Waals surface area contributed by atoms with Crippen molar-refractivity contribution in [3.63, 3.8) is 0 Å². The van der Waals surface area contributed by atoms with Crippen LogP contribution in [0.4, 0.5) is 10.1 Å². The highest BCUT2D eigenvalue weighted by Gasteiger charge is 2.19. The van der Waals surface area contributed by atoms with E-state index < -0.39 is 10.0 Å². The molecule has 0 aliphatic carbocycles. The van der Waals surface area contributed by atoms with Gasteiger partial charge in [-0.25, -0.2) is 12.8 Å². The summed E-state index contributed by atoms with van der Waals surface area (Å²) in [5, 5.41) is 2.97. The Kier molecular flexibility index (Phi) is 7.30. The Morgan fingerprint density at radius 1 is 0.938 bits per heavy atom. The smallest absolute Gasteiger partial charge is 0.251 e.